The lowest BCUT2D eigenvalue weighted by Crippen LogP contribution is -2.11. The molecule has 0 saturated heterocycles. The second-order valence-corrected chi connectivity index (χ2v) is 4.61. The minimum Gasteiger partial charge on any atom is -0.347 e. The standard InChI is InChI=1S/C16H22N2/c1-3-5-6-10-18-11-9-15-8-7-14(12-16(15)18)13-17-4-2/h3,7-9,11-12,17H,1,4-6,10,13H2,2H3. The van der Waals surface area contributed by atoms with E-state index in [1.165, 1.54) is 16.5 Å². The van der Waals surface area contributed by atoms with Crippen LogP contribution in [0.4, 0.5) is 0 Å². The number of fused-ring (bicyclic) bond motifs is 1. The number of hydrogen-bond donors (Lipinski definition) is 1. The first-order chi connectivity index (χ1) is 8.85. The smallest absolute Gasteiger partial charge is 0.0483 e. The Morgan fingerprint density at radius 1 is 1.33 bits per heavy atom. The van der Waals surface area contributed by atoms with E-state index < -0.39 is 0 Å². The maximum atomic E-state index is 3.77. The zero-order chi connectivity index (χ0) is 12.8. The largest absolute Gasteiger partial charge is 0.347 e. The van der Waals surface area contributed by atoms with Gasteiger partial charge in [0.25, 0.3) is 0 Å². The van der Waals surface area contributed by atoms with E-state index >= 15 is 0 Å². The number of benzene rings is 1. The van der Waals surface area contributed by atoms with Crippen LogP contribution in [0.5, 0.6) is 0 Å². The lowest BCUT2D eigenvalue weighted by Gasteiger charge is -2.07. The summed E-state index contributed by atoms with van der Waals surface area (Å²) in [6.45, 7) is 8.94. The summed E-state index contributed by atoms with van der Waals surface area (Å²) in [5.74, 6) is 0. The highest BCUT2D eigenvalue weighted by Gasteiger charge is 2.02. The molecule has 2 aromatic rings. The van der Waals surface area contributed by atoms with Gasteiger partial charge in [0.2, 0.25) is 0 Å². The van der Waals surface area contributed by atoms with Crippen LogP contribution in [0, 0.1) is 0 Å². The molecule has 2 nitrogen and oxygen atoms in total. The average molecular weight is 242 g/mol. The number of nitrogens with one attached hydrogen (secondary N) is 1. The van der Waals surface area contributed by atoms with E-state index in [1.54, 1.807) is 0 Å². The number of unbranched alkanes of at least 4 members (excludes halogenated alkanes) is 1. The highest BCUT2D eigenvalue weighted by Crippen LogP contribution is 2.18. The van der Waals surface area contributed by atoms with Crippen molar-refractivity contribution < 1.29 is 0 Å². The molecule has 1 heterocycles. The first kappa shape index (κ1) is 12.9. The molecule has 0 fully saturated rings. The van der Waals surface area contributed by atoms with Crippen molar-refractivity contribution >= 4 is 10.9 Å². The molecule has 0 unspecified atom stereocenters. The monoisotopic (exact) mass is 242 g/mol. The maximum absolute atomic E-state index is 3.77. The lowest BCUT2D eigenvalue weighted by molar-refractivity contribution is 0.670. The molecule has 0 aliphatic carbocycles. The zero-order valence-electron chi connectivity index (χ0n) is 11.2. The van der Waals surface area contributed by atoms with Gasteiger partial charge in [-0.3, -0.25) is 0 Å². The zero-order valence-corrected chi connectivity index (χ0v) is 11.2. The van der Waals surface area contributed by atoms with Crippen LogP contribution in [-0.4, -0.2) is 11.1 Å². The Morgan fingerprint density at radius 3 is 3.00 bits per heavy atom. The van der Waals surface area contributed by atoms with E-state index in [1.807, 2.05) is 6.08 Å². The van der Waals surface area contributed by atoms with Gasteiger partial charge in [-0.2, -0.15) is 0 Å². The third-order valence-electron chi connectivity index (χ3n) is 3.22. The Bertz CT molecular complexity index is 511. The number of aryl methyl sites for hydroxylation is 1. The normalized spacial score (nSPS) is 10.9. The van der Waals surface area contributed by atoms with Crippen molar-refractivity contribution in [2.45, 2.75) is 32.9 Å². The van der Waals surface area contributed by atoms with Crippen LogP contribution in [0.15, 0.2) is 43.1 Å². The molecule has 0 amide bonds. The number of rotatable bonds is 7. The topological polar surface area (TPSA) is 17.0 Å². The first-order valence-electron chi connectivity index (χ1n) is 6.74. The van der Waals surface area contributed by atoms with Crippen LogP contribution in [0.2, 0.25) is 0 Å². The van der Waals surface area contributed by atoms with Gasteiger partial charge in [-0.05, 0) is 42.5 Å². The van der Waals surface area contributed by atoms with Crippen molar-refractivity contribution in [2.75, 3.05) is 6.54 Å². The van der Waals surface area contributed by atoms with Gasteiger partial charge >= 0.3 is 0 Å². The van der Waals surface area contributed by atoms with Crippen molar-refractivity contribution in [2.24, 2.45) is 0 Å². The van der Waals surface area contributed by atoms with Gasteiger partial charge in [0, 0.05) is 24.8 Å². The summed E-state index contributed by atoms with van der Waals surface area (Å²) >= 11 is 0. The molecule has 1 aromatic carbocycles. The summed E-state index contributed by atoms with van der Waals surface area (Å²) in [6, 6.07) is 8.91. The second-order valence-electron chi connectivity index (χ2n) is 4.61. The highest BCUT2D eigenvalue weighted by molar-refractivity contribution is 5.80. The molecule has 0 spiro atoms. The van der Waals surface area contributed by atoms with Crippen LogP contribution in [0.3, 0.4) is 0 Å². The third-order valence-corrected chi connectivity index (χ3v) is 3.22. The molecule has 0 bridgehead atoms. The van der Waals surface area contributed by atoms with Crippen molar-refractivity contribution in [1.29, 1.82) is 0 Å². The minimum absolute atomic E-state index is 0.949. The Kier molecular flexibility index (Phi) is 4.59. The van der Waals surface area contributed by atoms with Gasteiger partial charge < -0.3 is 9.88 Å². The Balaban J connectivity index is 2.17. The Labute approximate surface area is 109 Å². The van der Waals surface area contributed by atoms with E-state index in [0.717, 1.165) is 32.5 Å². The van der Waals surface area contributed by atoms with Crippen LogP contribution in [0.1, 0.15) is 25.3 Å². The molecule has 1 aromatic heterocycles. The molecule has 1 N–H and O–H groups in total. The number of aromatic nitrogens is 1. The van der Waals surface area contributed by atoms with Crippen LogP contribution >= 0.6 is 0 Å². The van der Waals surface area contributed by atoms with Gasteiger partial charge in [0.1, 0.15) is 0 Å². The predicted octanol–water partition coefficient (Wildman–Crippen LogP) is 3.72. The number of allylic oxidation sites excluding steroid dienone is 1. The molecule has 2 heteroatoms. The first-order valence-corrected chi connectivity index (χ1v) is 6.74. The summed E-state index contributed by atoms with van der Waals surface area (Å²) < 4.78 is 2.34. The van der Waals surface area contributed by atoms with Crippen molar-refractivity contribution in [3.05, 3.63) is 48.7 Å². The van der Waals surface area contributed by atoms with Gasteiger partial charge in [-0.25, -0.2) is 0 Å². The van der Waals surface area contributed by atoms with E-state index in [4.69, 9.17) is 0 Å². The number of nitrogens with zero attached hydrogens (tertiary/aromatic N) is 1. The maximum Gasteiger partial charge on any atom is 0.0483 e. The van der Waals surface area contributed by atoms with Crippen LogP contribution in [0.25, 0.3) is 10.9 Å². The van der Waals surface area contributed by atoms with Gasteiger partial charge in [0.05, 0.1) is 0 Å². The molecule has 0 radical (unpaired) electrons. The fourth-order valence-electron chi connectivity index (χ4n) is 2.21. The predicted molar refractivity (Wildman–Crippen MR) is 78.7 cm³/mol. The number of hydrogen-bond acceptors (Lipinski definition) is 1. The van der Waals surface area contributed by atoms with E-state index in [-0.39, 0.29) is 0 Å². The molecule has 0 aliphatic heterocycles. The van der Waals surface area contributed by atoms with Crippen molar-refractivity contribution in [1.82, 2.24) is 9.88 Å². The summed E-state index contributed by atoms with van der Waals surface area (Å²) in [5.41, 5.74) is 2.70. The van der Waals surface area contributed by atoms with Gasteiger partial charge in [-0.15, -0.1) is 6.58 Å². The Hall–Kier alpha value is -1.54. The molecular formula is C16H22N2. The SMILES string of the molecule is C=CCCCn1ccc2ccc(CNCC)cc21. The molecule has 0 saturated carbocycles. The van der Waals surface area contributed by atoms with Gasteiger partial charge in [0.15, 0.2) is 0 Å². The van der Waals surface area contributed by atoms with Crippen LogP contribution in [-0.2, 0) is 13.1 Å². The van der Waals surface area contributed by atoms with Gasteiger partial charge in [-0.1, -0.05) is 25.1 Å². The third kappa shape index (κ3) is 3.02. The quantitative estimate of drug-likeness (QED) is 0.578. The lowest BCUT2D eigenvalue weighted by atomic mass is 10.1. The Morgan fingerprint density at radius 2 is 2.22 bits per heavy atom. The van der Waals surface area contributed by atoms with Crippen LogP contribution < -0.4 is 5.32 Å². The van der Waals surface area contributed by atoms with Crippen molar-refractivity contribution in [3.63, 3.8) is 0 Å². The molecule has 18 heavy (non-hydrogen) atoms. The fraction of sp³-hybridized carbons (Fsp3) is 0.375. The molecule has 2 rings (SSSR count). The highest BCUT2D eigenvalue weighted by atomic mass is 14.9. The van der Waals surface area contributed by atoms with Crippen molar-refractivity contribution in [3.8, 4) is 0 Å². The molecule has 96 valence electrons. The fourth-order valence-corrected chi connectivity index (χ4v) is 2.21. The summed E-state index contributed by atoms with van der Waals surface area (Å²) in [5, 5.41) is 4.70. The summed E-state index contributed by atoms with van der Waals surface area (Å²) in [7, 11) is 0. The minimum atomic E-state index is 0.949. The van der Waals surface area contributed by atoms with E-state index in [2.05, 4.69) is 53.8 Å². The molecule has 0 atom stereocenters. The summed E-state index contributed by atoms with van der Waals surface area (Å²) in [6.07, 6.45) is 6.41. The molecule has 0 aliphatic rings. The summed E-state index contributed by atoms with van der Waals surface area (Å²) in [4.78, 5) is 0. The second kappa shape index (κ2) is 6.41. The van der Waals surface area contributed by atoms with E-state index in [0.29, 0.717) is 0 Å². The average Bonchev–Trinajstić information content (AvgIpc) is 2.79. The molecular weight excluding hydrogens is 220 g/mol. The van der Waals surface area contributed by atoms with E-state index in [9.17, 15) is 0 Å².